The van der Waals surface area contributed by atoms with Crippen molar-refractivity contribution in [3.05, 3.63) is 175 Å². The molecule has 10 aromatic rings. The van der Waals surface area contributed by atoms with Crippen molar-refractivity contribution in [1.82, 2.24) is 4.48 Å². The quantitative estimate of drug-likeness (QED) is 0.156. The van der Waals surface area contributed by atoms with E-state index in [2.05, 4.69) is 173 Å². The second-order valence-electron chi connectivity index (χ2n) is 24.6. The van der Waals surface area contributed by atoms with Gasteiger partial charge in [0, 0.05) is 54.2 Å². The molecule has 0 spiro atoms. The molecule has 18 rings (SSSR count). The van der Waals surface area contributed by atoms with E-state index in [1.54, 1.807) is 11.1 Å². The average molecular weight is 945 g/mol. The molecule has 6 bridgehead atoms. The zero-order valence-corrected chi connectivity index (χ0v) is 41.7. The molecule has 6 aliphatic carbocycles. The number of benzene rings is 8. The van der Waals surface area contributed by atoms with Crippen molar-refractivity contribution in [2.75, 3.05) is 4.90 Å². The Labute approximate surface area is 426 Å². The fourth-order valence-electron chi connectivity index (χ4n) is 18.5. The lowest BCUT2D eigenvalue weighted by Gasteiger charge is -2.46. The number of nitrogens with zero attached hydrogens (tertiary/aromatic N) is 2. The van der Waals surface area contributed by atoms with Crippen LogP contribution in [-0.2, 0) is 10.8 Å². The van der Waals surface area contributed by atoms with E-state index in [0.717, 1.165) is 35.5 Å². The third-order valence-electron chi connectivity index (χ3n) is 21.3. The van der Waals surface area contributed by atoms with Crippen molar-refractivity contribution in [1.29, 1.82) is 0 Å². The summed E-state index contributed by atoms with van der Waals surface area (Å²) in [6, 6.07) is 64.6. The van der Waals surface area contributed by atoms with E-state index in [0.29, 0.717) is 5.41 Å². The van der Waals surface area contributed by atoms with Gasteiger partial charge in [-0.2, -0.15) is 0 Å². The van der Waals surface area contributed by atoms with Crippen molar-refractivity contribution >= 4 is 88.2 Å². The fourth-order valence-corrected chi connectivity index (χ4v) is 19.7. The highest BCUT2D eigenvalue weighted by Crippen LogP contribution is 2.64. The van der Waals surface area contributed by atoms with Crippen LogP contribution in [0.5, 0.6) is 0 Å². The Morgan fingerprint density at radius 2 is 1.12 bits per heavy atom. The van der Waals surface area contributed by atoms with Crippen LogP contribution in [0.3, 0.4) is 0 Å². The van der Waals surface area contributed by atoms with Crippen molar-refractivity contribution in [3.8, 4) is 33.4 Å². The number of anilines is 3. The van der Waals surface area contributed by atoms with Crippen LogP contribution in [0.2, 0.25) is 0 Å². The van der Waals surface area contributed by atoms with E-state index in [1.165, 1.54) is 180 Å². The molecule has 4 heterocycles. The van der Waals surface area contributed by atoms with Gasteiger partial charge in [0.1, 0.15) is 0 Å². The molecule has 6 fully saturated rings. The van der Waals surface area contributed by atoms with E-state index in [9.17, 15) is 0 Å². The molecule has 8 atom stereocenters. The Morgan fingerprint density at radius 1 is 0.486 bits per heavy atom. The van der Waals surface area contributed by atoms with Crippen LogP contribution >= 0.6 is 11.3 Å². The van der Waals surface area contributed by atoms with Gasteiger partial charge in [0.25, 0.3) is 0 Å². The van der Waals surface area contributed by atoms with Gasteiger partial charge in [0.05, 0.1) is 10.4 Å². The maximum Gasteiger partial charge on any atom is 0.333 e. The Hall–Kier alpha value is -6.36. The summed E-state index contributed by atoms with van der Waals surface area (Å²) in [5.74, 6) is 5.55. The Bertz CT molecular complexity index is 3950. The van der Waals surface area contributed by atoms with E-state index in [1.807, 2.05) is 11.3 Å². The highest BCUT2D eigenvalue weighted by atomic mass is 32.1. The zero-order valence-electron chi connectivity index (χ0n) is 40.9. The average Bonchev–Trinajstić information content (AvgIpc) is 4.10. The number of aromatic nitrogens is 1. The molecule has 2 aliphatic heterocycles. The fraction of sp³-hybridized carbons (Fsp3) is 0.294. The van der Waals surface area contributed by atoms with E-state index >= 15 is 0 Å². The number of fused-ring (bicyclic) bond motifs is 15. The van der Waals surface area contributed by atoms with Crippen LogP contribution in [0.1, 0.15) is 88.2 Å². The summed E-state index contributed by atoms with van der Waals surface area (Å²) in [5.41, 5.74) is 21.4. The van der Waals surface area contributed by atoms with Gasteiger partial charge in [0.2, 0.25) is 0 Å². The van der Waals surface area contributed by atoms with Gasteiger partial charge >= 0.3 is 6.85 Å². The summed E-state index contributed by atoms with van der Waals surface area (Å²) in [4.78, 5) is 2.69. The Morgan fingerprint density at radius 3 is 1.88 bits per heavy atom. The minimum atomic E-state index is -0.00873. The molecule has 0 saturated heterocycles. The van der Waals surface area contributed by atoms with Crippen LogP contribution in [0.15, 0.2) is 164 Å². The summed E-state index contributed by atoms with van der Waals surface area (Å²) in [6.07, 6.45) is 17.0. The topological polar surface area (TPSA) is 8.17 Å². The summed E-state index contributed by atoms with van der Waals surface area (Å²) < 4.78 is 5.64. The third-order valence-corrected chi connectivity index (χ3v) is 22.5. The van der Waals surface area contributed by atoms with Crippen molar-refractivity contribution in [2.45, 2.75) is 87.9 Å². The molecule has 72 heavy (non-hydrogen) atoms. The minimum Gasteiger partial charge on any atom is -0.375 e. The highest BCUT2D eigenvalue weighted by Gasteiger charge is 2.55. The van der Waals surface area contributed by atoms with Crippen LogP contribution in [0.4, 0.5) is 17.1 Å². The first kappa shape index (κ1) is 40.2. The summed E-state index contributed by atoms with van der Waals surface area (Å²) in [5, 5.41) is 5.78. The van der Waals surface area contributed by atoms with Gasteiger partial charge in [-0.05, 0) is 228 Å². The predicted molar refractivity (Wildman–Crippen MR) is 303 cm³/mol. The molecule has 2 nitrogen and oxygen atoms in total. The molecule has 8 aliphatic rings. The van der Waals surface area contributed by atoms with Crippen LogP contribution in [-0.4, -0.2) is 11.3 Å². The van der Waals surface area contributed by atoms with Crippen molar-refractivity contribution < 1.29 is 0 Å². The summed E-state index contributed by atoms with van der Waals surface area (Å²) in [7, 11) is 0. The van der Waals surface area contributed by atoms with E-state index < -0.39 is 0 Å². The second kappa shape index (κ2) is 14.2. The molecule has 0 amide bonds. The Balaban J connectivity index is 0.962. The van der Waals surface area contributed by atoms with E-state index in [4.69, 9.17) is 0 Å². The van der Waals surface area contributed by atoms with Crippen LogP contribution in [0, 0.1) is 35.5 Å². The standard InChI is InChI=1S/C68H57BN2S/c1-3-9-42(10-4-1)44-15-19-52(20-16-44)70-61-21-17-45(43-11-5-2-6-12-43)31-59(61)69-63-55(35-58-53-13-7-8-14-62(53)72-66(58)65(63)70)57-34-51(68-26-24-47-28-41(37-68)30-49(47)39-68)33-56-54-32-50(18-22-60(54)71(69)64(56)57)67-25-23-46-27-40(36-67)29-48(46)38-67/h1-22,31-35,40-41,46-49H,23-30,36-39H2. The molecule has 8 unspecified atom stereocenters. The molecule has 348 valence electrons. The highest BCUT2D eigenvalue weighted by molar-refractivity contribution is 7.26. The number of hydrogen-bond acceptors (Lipinski definition) is 2. The lowest BCUT2D eigenvalue weighted by atomic mass is 9.44. The molecule has 2 aromatic heterocycles. The molecule has 8 aromatic carbocycles. The van der Waals surface area contributed by atoms with Gasteiger partial charge in [-0.1, -0.05) is 109 Å². The number of rotatable bonds is 5. The smallest absolute Gasteiger partial charge is 0.333 e. The second-order valence-corrected chi connectivity index (χ2v) is 25.7. The van der Waals surface area contributed by atoms with Gasteiger partial charge in [-0.15, -0.1) is 11.3 Å². The first-order valence-corrected chi connectivity index (χ1v) is 28.6. The van der Waals surface area contributed by atoms with E-state index in [-0.39, 0.29) is 12.3 Å². The summed E-state index contributed by atoms with van der Waals surface area (Å²) in [6.45, 7) is -0.00873. The molecule has 4 heteroatoms. The first-order chi connectivity index (χ1) is 35.5. The lowest BCUT2D eigenvalue weighted by Crippen LogP contribution is -2.56. The number of hydrogen-bond donors (Lipinski definition) is 0. The summed E-state index contributed by atoms with van der Waals surface area (Å²) >= 11 is 1.99. The van der Waals surface area contributed by atoms with Gasteiger partial charge < -0.3 is 9.38 Å². The largest absolute Gasteiger partial charge is 0.375 e. The molecule has 0 N–H and O–H groups in total. The van der Waals surface area contributed by atoms with Crippen LogP contribution in [0.25, 0.3) is 75.4 Å². The SMILES string of the molecule is c1ccc(-c2ccc(N3c4ccc(-c5ccccc5)cc4B4c5c(cc6c(sc7ccccc76)c53)-c3cc(C56CCC7CC(CC7C5)C6)cc5c6cc(C78CCC9CC(CC9C7)C8)ccc6n4c35)cc2)cc1. The lowest BCUT2D eigenvalue weighted by molar-refractivity contribution is 0.139. The molecular weight excluding hydrogens is 888 g/mol. The molecule has 6 saturated carbocycles. The minimum absolute atomic E-state index is 0.00873. The molecular formula is C68H57BN2S. The maximum absolute atomic E-state index is 2.89. The zero-order chi connectivity index (χ0) is 46.6. The van der Waals surface area contributed by atoms with Gasteiger partial charge in [-0.3, -0.25) is 0 Å². The normalized spacial score (nSPS) is 27.9. The maximum atomic E-state index is 2.89. The van der Waals surface area contributed by atoms with Gasteiger partial charge in [-0.25, -0.2) is 0 Å². The number of thiophene rings is 1. The molecule has 0 radical (unpaired) electrons. The predicted octanol–water partition coefficient (Wildman–Crippen LogP) is 16.8. The van der Waals surface area contributed by atoms with Crippen LogP contribution < -0.4 is 15.8 Å². The Kier molecular flexibility index (Phi) is 7.94. The van der Waals surface area contributed by atoms with Crippen molar-refractivity contribution in [2.24, 2.45) is 35.5 Å². The first-order valence-electron chi connectivity index (χ1n) is 27.8. The third kappa shape index (κ3) is 5.32. The van der Waals surface area contributed by atoms with Gasteiger partial charge in [0.15, 0.2) is 0 Å². The monoisotopic (exact) mass is 944 g/mol. The van der Waals surface area contributed by atoms with Crippen molar-refractivity contribution in [3.63, 3.8) is 0 Å².